The molecule has 1 aliphatic heterocycles. The molecule has 20 heavy (non-hydrogen) atoms. The molecule has 1 aliphatic rings. The summed E-state index contributed by atoms with van der Waals surface area (Å²) in [6.45, 7) is 0. The zero-order chi connectivity index (χ0) is 13.9. The first-order valence-electron chi connectivity index (χ1n) is 6.42. The highest BCUT2D eigenvalue weighted by Gasteiger charge is 2.26. The summed E-state index contributed by atoms with van der Waals surface area (Å²) in [5, 5.41) is 12.6. The van der Waals surface area contributed by atoms with E-state index in [-0.39, 0.29) is 6.10 Å². The van der Waals surface area contributed by atoms with Gasteiger partial charge in [-0.3, -0.25) is 0 Å². The fraction of sp³-hybridized carbons (Fsp3) is 0.188. The van der Waals surface area contributed by atoms with Gasteiger partial charge >= 0.3 is 0 Å². The zero-order valence-corrected chi connectivity index (χ0v) is 11.1. The predicted molar refractivity (Wildman–Crippen MR) is 75.7 cm³/mol. The Morgan fingerprint density at radius 1 is 1.20 bits per heavy atom. The third kappa shape index (κ3) is 2.20. The second-order valence-electron chi connectivity index (χ2n) is 4.63. The molecule has 0 spiro atoms. The van der Waals surface area contributed by atoms with Crippen molar-refractivity contribution in [1.29, 1.82) is 0 Å². The van der Waals surface area contributed by atoms with E-state index < -0.39 is 0 Å². The van der Waals surface area contributed by atoms with Gasteiger partial charge < -0.3 is 14.7 Å². The molecular weight excluding hydrogens is 254 g/mol. The normalized spacial score (nSPS) is 19.2. The van der Waals surface area contributed by atoms with Gasteiger partial charge in [0, 0.05) is 18.1 Å². The number of nitrogens with zero attached hydrogens (tertiary/aromatic N) is 1. The lowest BCUT2D eigenvalue weighted by Crippen LogP contribution is -2.21. The number of methoxy groups -OCH3 is 1. The van der Waals surface area contributed by atoms with Crippen molar-refractivity contribution in [3.05, 3.63) is 59.7 Å². The summed E-state index contributed by atoms with van der Waals surface area (Å²) in [5.41, 5.74) is 2.49. The Hall–Kier alpha value is -2.49. The molecule has 2 aromatic carbocycles. The third-order valence-electron chi connectivity index (χ3n) is 3.44. The maximum Gasteiger partial charge on any atom is 0.133 e. The molecule has 1 heterocycles. The smallest absolute Gasteiger partial charge is 0.133 e. The molecule has 1 N–H and O–H groups in total. The van der Waals surface area contributed by atoms with Gasteiger partial charge in [-0.05, 0) is 17.7 Å². The molecule has 0 saturated carbocycles. The number of hydrogen-bond donors (Lipinski definition) is 1. The van der Waals surface area contributed by atoms with E-state index in [0.29, 0.717) is 17.9 Å². The number of benzene rings is 2. The van der Waals surface area contributed by atoms with E-state index in [9.17, 15) is 5.21 Å². The molecule has 0 aromatic heterocycles. The van der Waals surface area contributed by atoms with Crippen LogP contribution in [-0.4, -0.2) is 18.0 Å². The van der Waals surface area contributed by atoms with E-state index in [4.69, 9.17) is 9.47 Å². The van der Waals surface area contributed by atoms with Crippen molar-refractivity contribution in [2.24, 2.45) is 5.16 Å². The number of ether oxygens (including phenoxy) is 2. The maximum atomic E-state index is 9.23. The fourth-order valence-electron chi connectivity index (χ4n) is 2.39. The zero-order valence-electron chi connectivity index (χ0n) is 11.1. The molecule has 1 atom stereocenters. The standard InChI is InChI=1S/C16H15NO3/c1-19-12-7-8-13-14(17-18)10-15(20-16(13)9-12)11-5-3-2-4-6-11/h2-9,15,18H,10H2,1H3. The first-order chi connectivity index (χ1) is 9.81. The highest BCUT2D eigenvalue weighted by molar-refractivity contribution is 6.03. The summed E-state index contributed by atoms with van der Waals surface area (Å²) in [4.78, 5) is 0. The van der Waals surface area contributed by atoms with Crippen LogP contribution in [0.5, 0.6) is 11.5 Å². The average molecular weight is 269 g/mol. The molecule has 0 amide bonds. The van der Waals surface area contributed by atoms with E-state index in [0.717, 1.165) is 16.9 Å². The van der Waals surface area contributed by atoms with Gasteiger partial charge in [0.15, 0.2) is 0 Å². The van der Waals surface area contributed by atoms with Crippen molar-refractivity contribution >= 4 is 5.71 Å². The van der Waals surface area contributed by atoms with Crippen LogP contribution < -0.4 is 9.47 Å². The lowest BCUT2D eigenvalue weighted by atomic mass is 9.95. The minimum absolute atomic E-state index is 0.151. The van der Waals surface area contributed by atoms with Crippen molar-refractivity contribution < 1.29 is 14.7 Å². The average Bonchev–Trinajstić information content (AvgIpc) is 2.54. The van der Waals surface area contributed by atoms with Gasteiger partial charge in [0.2, 0.25) is 0 Å². The van der Waals surface area contributed by atoms with Crippen LogP contribution in [0.3, 0.4) is 0 Å². The van der Waals surface area contributed by atoms with Crippen LogP contribution in [-0.2, 0) is 0 Å². The highest BCUT2D eigenvalue weighted by atomic mass is 16.5. The summed E-state index contributed by atoms with van der Waals surface area (Å²) in [5.74, 6) is 1.40. The highest BCUT2D eigenvalue weighted by Crippen LogP contribution is 2.37. The predicted octanol–water partition coefficient (Wildman–Crippen LogP) is 3.40. The minimum atomic E-state index is -0.151. The van der Waals surface area contributed by atoms with E-state index in [1.54, 1.807) is 7.11 Å². The number of fused-ring (bicyclic) bond motifs is 1. The van der Waals surface area contributed by atoms with Crippen LogP contribution in [0.2, 0.25) is 0 Å². The topological polar surface area (TPSA) is 51.0 Å². The molecule has 0 radical (unpaired) electrons. The molecule has 4 heteroatoms. The van der Waals surface area contributed by atoms with Gasteiger partial charge in [0.25, 0.3) is 0 Å². The summed E-state index contributed by atoms with van der Waals surface area (Å²) >= 11 is 0. The molecule has 0 bridgehead atoms. The first kappa shape index (κ1) is 12.5. The molecule has 102 valence electrons. The Morgan fingerprint density at radius 3 is 2.70 bits per heavy atom. The molecule has 3 rings (SSSR count). The van der Waals surface area contributed by atoms with Crippen LogP contribution in [0.25, 0.3) is 0 Å². The van der Waals surface area contributed by atoms with Crippen LogP contribution in [0.1, 0.15) is 23.7 Å². The van der Waals surface area contributed by atoms with E-state index >= 15 is 0 Å². The monoisotopic (exact) mass is 269 g/mol. The minimum Gasteiger partial charge on any atom is -0.497 e. The van der Waals surface area contributed by atoms with Crippen molar-refractivity contribution in [3.8, 4) is 11.5 Å². The molecular formula is C16H15NO3. The van der Waals surface area contributed by atoms with Crippen molar-refractivity contribution in [3.63, 3.8) is 0 Å². The summed E-state index contributed by atoms with van der Waals surface area (Å²) in [7, 11) is 1.61. The van der Waals surface area contributed by atoms with Gasteiger partial charge in [-0.15, -0.1) is 0 Å². The Balaban J connectivity index is 2.01. The Bertz CT molecular complexity index is 637. The SMILES string of the molecule is COc1ccc2c(c1)OC(c1ccccc1)CC2=NO. The quantitative estimate of drug-likeness (QED) is 0.671. The van der Waals surface area contributed by atoms with Gasteiger partial charge in [0.05, 0.1) is 12.8 Å². The summed E-state index contributed by atoms with van der Waals surface area (Å²) in [6.07, 6.45) is 0.390. The van der Waals surface area contributed by atoms with Crippen molar-refractivity contribution in [1.82, 2.24) is 0 Å². The van der Waals surface area contributed by atoms with Gasteiger partial charge in [-0.25, -0.2) is 0 Å². The summed E-state index contributed by atoms with van der Waals surface area (Å²) in [6, 6.07) is 15.4. The maximum absolute atomic E-state index is 9.23. The molecule has 0 saturated heterocycles. The molecule has 0 aliphatic carbocycles. The van der Waals surface area contributed by atoms with E-state index in [1.807, 2.05) is 48.5 Å². The largest absolute Gasteiger partial charge is 0.497 e. The van der Waals surface area contributed by atoms with E-state index in [2.05, 4.69) is 5.16 Å². The first-order valence-corrected chi connectivity index (χ1v) is 6.42. The van der Waals surface area contributed by atoms with Crippen molar-refractivity contribution in [2.75, 3.05) is 7.11 Å². The Kier molecular flexibility index (Phi) is 3.29. The molecule has 2 aromatic rings. The molecule has 1 unspecified atom stereocenters. The number of hydrogen-bond acceptors (Lipinski definition) is 4. The van der Waals surface area contributed by atoms with Gasteiger partial charge in [0.1, 0.15) is 17.6 Å². The fourth-order valence-corrected chi connectivity index (χ4v) is 2.39. The number of oxime groups is 1. The molecule has 0 fully saturated rings. The Labute approximate surface area is 117 Å². The summed E-state index contributed by atoms with van der Waals surface area (Å²) < 4.78 is 11.2. The number of rotatable bonds is 2. The van der Waals surface area contributed by atoms with E-state index in [1.165, 1.54) is 0 Å². The van der Waals surface area contributed by atoms with Crippen LogP contribution in [0.15, 0.2) is 53.7 Å². The van der Waals surface area contributed by atoms with Gasteiger partial charge in [-0.2, -0.15) is 0 Å². The Morgan fingerprint density at radius 2 is 2.00 bits per heavy atom. The second-order valence-corrected chi connectivity index (χ2v) is 4.63. The molecule has 4 nitrogen and oxygen atoms in total. The van der Waals surface area contributed by atoms with Crippen molar-refractivity contribution in [2.45, 2.75) is 12.5 Å². The van der Waals surface area contributed by atoms with Crippen LogP contribution >= 0.6 is 0 Å². The lowest BCUT2D eigenvalue weighted by Gasteiger charge is -2.27. The van der Waals surface area contributed by atoms with Gasteiger partial charge in [-0.1, -0.05) is 35.5 Å². The third-order valence-corrected chi connectivity index (χ3v) is 3.44. The lowest BCUT2D eigenvalue weighted by molar-refractivity contribution is 0.202. The second kappa shape index (κ2) is 5.25. The van der Waals surface area contributed by atoms with Crippen LogP contribution in [0, 0.1) is 0 Å². The van der Waals surface area contributed by atoms with Crippen LogP contribution in [0.4, 0.5) is 0 Å².